The molecule has 0 rings (SSSR count). The summed E-state index contributed by atoms with van der Waals surface area (Å²) in [5, 5.41) is 0. The summed E-state index contributed by atoms with van der Waals surface area (Å²) in [5.41, 5.74) is 0. The average Bonchev–Trinajstić information content (AvgIpc) is 0. The molecule has 0 aliphatic heterocycles. The third kappa shape index (κ3) is 8.87. The van der Waals surface area contributed by atoms with Gasteiger partial charge in [-0.2, -0.15) is 0 Å². The molecule has 0 aliphatic carbocycles. The monoisotopic (exact) mass is 259 g/mol. The molecule has 0 saturated heterocycles. The Bertz CT molecular complexity index is 11.6. The quantitative estimate of drug-likeness (QED) is 0.450. The fraction of sp³-hybridized carbons (Fsp3) is 0. The zero-order chi connectivity index (χ0) is 0. The maximum Gasteiger partial charge on any atom is 1.00 e. The summed E-state index contributed by atoms with van der Waals surface area (Å²) in [6, 6.07) is 0. The molecule has 0 amide bonds. The second kappa shape index (κ2) is 18.8. The molecule has 0 fully saturated rings. The third-order valence-electron chi connectivity index (χ3n) is 0. The second-order valence-corrected chi connectivity index (χ2v) is 0. The van der Waals surface area contributed by atoms with Crippen molar-refractivity contribution in [1.29, 1.82) is 0 Å². The molecule has 0 aliphatic rings. The van der Waals surface area contributed by atoms with E-state index >= 15 is 0 Å². The van der Waals surface area contributed by atoms with Crippen molar-refractivity contribution in [2.45, 2.75) is 0 Å². The van der Waals surface area contributed by atoms with Crippen molar-refractivity contribution in [2.75, 3.05) is 0 Å². The molecule has 5 N–H and O–H groups in total. The van der Waals surface area contributed by atoms with E-state index in [1.165, 1.54) is 0 Å². The number of hydrogen-bond acceptors (Lipinski definition) is 1. The summed E-state index contributed by atoms with van der Waals surface area (Å²) in [6.07, 6.45) is 0. The van der Waals surface area contributed by atoms with Crippen LogP contribution in [-0.4, -0.2) is 5.48 Å². The first-order chi connectivity index (χ1) is 0. The summed E-state index contributed by atoms with van der Waals surface area (Å²) in [7, 11) is 0. The first-order valence-corrected chi connectivity index (χ1v) is 0. The van der Waals surface area contributed by atoms with Gasteiger partial charge in [0.15, 0.2) is 0 Å². The van der Waals surface area contributed by atoms with E-state index in [1.54, 1.807) is 0 Å². The van der Waals surface area contributed by atoms with E-state index in [0.717, 1.165) is 0 Å². The summed E-state index contributed by atoms with van der Waals surface area (Å²) in [5.74, 6) is 0. The van der Waals surface area contributed by atoms with Gasteiger partial charge in [0.1, 0.15) is 0 Å². The Kier molecular flexibility index (Phi) is 160. The molecular weight excluding hydrogens is 253 g/mol. The van der Waals surface area contributed by atoms with Crippen LogP contribution in [0.3, 0.4) is 0 Å². The topological polar surface area (TPSA) is 66.5 Å². The van der Waals surface area contributed by atoms with Crippen molar-refractivity contribution in [3.63, 3.8) is 0 Å². The molecule has 0 spiro atoms. The Labute approximate surface area is 83.8 Å². The van der Waals surface area contributed by atoms with Gasteiger partial charge >= 0.3 is 51.4 Å². The van der Waals surface area contributed by atoms with Crippen LogP contribution < -0.4 is 57.5 Å². The van der Waals surface area contributed by atoms with Crippen LogP contribution in [0.15, 0.2) is 0 Å². The maximum atomic E-state index is 0. The zero-order valence-electron chi connectivity index (χ0n) is 3.62. The van der Waals surface area contributed by atoms with Crippen LogP contribution in [-0.2, 0) is 21.1 Å². The van der Waals surface area contributed by atoms with Crippen molar-refractivity contribution in [1.82, 2.24) is 6.15 Å². The van der Waals surface area contributed by atoms with Gasteiger partial charge in [-0.3, -0.25) is 0 Å². The summed E-state index contributed by atoms with van der Waals surface area (Å²) in [6.45, 7) is 0. The maximum absolute atomic E-state index is 0. The minimum atomic E-state index is 0. The smallest absolute Gasteiger partial charge is 1.00 e. The van der Waals surface area contributed by atoms with E-state index in [9.17, 15) is 0 Å². The molecule has 4 heteroatoms. The average molecular weight is 259 g/mol. The second-order valence-electron chi connectivity index (χ2n) is 0. The van der Waals surface area contributed by atoms with Crippen molar-refractivity contribution < 1.29 is 79.4 Å². The summed E-state index contributed by atoms with van der Waals surface area (Å²) < 4.78 is 0. The molecule has 0 aromatic heterocycles. The van der Waals surface area contributed by atoms with Crippen LogP contribution in [0.4, 0.5) is 0 Å². The van der Waals surface area contributed by atoms with Crippen molar-refractivity contribution >= 4 is 0 Å². The van der Waals surface area contributed by atoms with Gasteiger partial charge in [0.05, 0.1) is 0 Å². The molecular formula is H6KNOW. The van der Waals surface area contributed by atoms with Crippen LogP contribution in [0.2, 0.25) is 0 Å². The number of hydrogen-bond donors (Lipinski definition) is 1. The molecule has 24 valence electrons. The summed E-state index contributed by atoms with van der Waals surface area (Å²) >= 11 is 0. The van der Waals surface area contributed by atoms with E-state index in [1.807, 2.05) is 0 Å². The predicted molar refractivity (Wildman–Crippen MR) is 9.75 cm³/mol. The Morgan fingerprint density at radius 1 is 1.25 bits per heavy atom. The fourth-order valence-corrected chi connectivity index (χ4v) is 0. The van der Waals surface area contributed by atoms with Crippen LogP contribution in [0.1, 0.15) is 1.43 Å². The van der Waals surface area contributed by atoms with E-state index in [4.69, 9.17) is 0 Å². The minimum absolute atomic E-state index is 0. The normalized spacial score (nSPS) is 0. The van der Waals surface area contributed by atoms with Crippen LogP contribution in [0.5, 0.6) is 0 Å². The van der Waals surface area contributed by atoms with Gasteiger partial charge < -0.3 is 13.1 Å². The first kappa shape index (κ1) is 34.1. The van der Waals surface area contributed by atoms with Gasteiger partial charge in [0.25, 0.3) is 0 Å². The standard InChI is InChI=1S/K.H3N.H2O.W.H/h;1H3;1H2;;/q+1;;;;-1. The summed E-state index contributed by atoms with van der Waals surface area (Å²) in [4.78, 5) is 0. The molecule has 0 saturated carbocycles. The Balaban J connectivity index is 0. The van der Waals surface area contributed by atoms with Crippen molar-refractivity contribution in [3.8, 4) is 0 Å². The third-order valence-corrected chi connectivity index (χ3v) is 0. The Hall–Kier alpha value is 2.24. The van der Waals surface area contributed by atoms with Crippen LogP contribution in [0, 0.1) is 0 Å². The minimum Gasteiger partial charge on any atom is -1.00 e. The number of rotatable bonds is 0. The van der Waals surface area contributed by atoms with E-state index < -0.39 is 0 Å². The van der Waals surface area contributed by atoms with Crippen molar-refractivity contribution in [3.05, 3.63) is 0 Å². The van der Waals surface area contributed by atoms with Gasteiger partial charge in [-0.25, -0.2) is 0 Å². The van der Waals surface area contributed by atoms with Crippen LogP contribution >= 0.6 is 0 Å². The molecule has 0 unspecified atom stereocenters. The van der Waals surface area contributed by atoms with Crippen LogP contribution in [0.25, 0.3) is 0 Å². The fourth-order valence-electron chi connectivity index (χ4n) is 0. The van der Waals surface area contributed by atoms with Crippen molar-refractivity contribution in [2.24, 2.45) is 0 Å². The molecule has 0 aromatic rings. The molecule has 0 heterocycles. The molecule has 0 bridgehead atoms. The largest absolute Gasteiger partial charge is 1.00 e. The SMILES string of the molecule is N.O.[H-].[K+].[W]. The van der Waals surface area contributed by atoms with Gasteiger partial charge in [-0.05, 0) is 0 Å². The molecule has 4 heavy (non-hydrogen) atoms. The van der Waals surface area contributed by atoms with Gasteiger partial charge in [0.2, 0.25) is 0 Å². The van der Waals surface area contributed by atoms with Gasteiger partial charge in [0, 0.05) is 21.1 Å². The Morgan fingerprint density at radius 2 is 1.25 bits per heavy atom. The molecule has 0 radical (unpaired) electrons. The van der Waals surface area contributed by atoms with Gasteiger partial charge in [-0.15, -0.1) is 0 Å². The van der Waals surface area contributed by atoms with E-state index in [2.05, 4.69) is 0 Å². The molecule has 0 atom stereocenters. The Morgan fingerprint density at radius 3 is 1.25 bits per heavy atom. The predicted octanol–water partition coefficient (Wildman–Crippen LogP) is -3.55. The van der Waals surface area contributed by atoms with Gasteiger partial charge in [-0.1, -0.05) is 0 Å². The molecule has 0 aromatic carbocycles. The zero-order valence-corrected chi connectivity index (χ0v) is 8.67. The van der Waals surface area contributed by atoms with E-state index in [-0.39, 0.29) is 85.5 Å². The first-order valence-electron chi connectivity index (χ1n) is 0. The van der Waals surface area contributed by atoms with E-state index in [0.29, 0.717) is 0 Å². The molecule has 2 nitrogen and oxygen atoms in total.